The summed E-state index contributed by atoms with van der Waals surface area (Å²) in [7, 11) is 1.74. The van der Waals surface area contributed by atoms with E-state index >= 15 is 0 Å². The summed E-state index contributed by atoms with van der Waals surface area (Å²) < 4.78 is 3.40. The topological polar surface area (TPSA) is 39.8 Å². The van der Waals surface area contributed by atoms with E-state index in [9.17, 15) is 4.79 Å². The summed E-state index contributed by atoms with van der Waals surface area (Å²) in [6.45, 7) is 2.05. The number of aromatic nitrogens is 3. The molecule has 0 bridgehead atoms. The van der Waals surface area contributed by atoms with Gasteiger partial charge in [-0.2, -0.15) is 5.10 Å². The minimum absolute atomic E-state index is 0.0219. The van der Waals surface area contributed by atoms with Crippen LogP contribution in [-0.2, 0) is 7.05 Å². The third kappa shape index (κ3) is 1.62. The summed E-state index contributed by atoms with van der Waals surface area (Å²) >= 11 is 0. The molecule has 0 N–H and O–H groups in total. The van der Waals surface area contributed by atoms with Gasteiger partial charge in [-0.15, -0.1) is 0 Å². The first kappa shape index (κ1) is 10.8. The van der Waals surface area contributed by atoms with Crippen molar-refractivity contribution in [2.45, 2.75) is 6.92 Å². The van der Waals surface area contributed by atoms with E-state index in [0.29, 0.717) is 0 Å². The van der Waals surface area contributed by atoms with E-state index in [2.05, 4.69) is 30.2 Å². The second-order valence-corrected chi connectivity index (χ2v) is 4.46. The Bertz CT molecular complexity index is 783. The molecule has 1 aromatic carbocycles. The van der Waals surface area contributed by atoms with Crippen molar-refractivity contribution in [3.8, 4) is 5.69 Å². The molecule has 0 unspecified atom stereocenters. The second kappa shape index (κ2) is 3.84. The van der Waals surface area contributed by atoms with Crippen LogP contribution in [0.5, 0.6) is 0 Å². The zero-order valence-electron chi connectivity index (χ0n) is 10.3. The van der Waals surface area contributed by atoms with Gasteiger partial charge in [0.1, 0.15) is 0 Å². The van der Waals surface area contributed by atoms with Gasteiger partial charge in [0.05, 0.1) is 17.4 Å². The van der Waals surface area contributed by atoms with Gasteiger partial charge in [0, 0.05) is 24.7 Å². The van der Waals surface area contributed by atoms with Crippen molar-refractivity contribution in [3.05, 3.63) is 58.6 Å². The summed E-state index contributed by atoms with van der Waals surface area (Å²) in [6.07, 6.45) is 3.62. The van der Waals surface area contributed by atoms with Crippen LogP contribution in [0.2, 0.25) is 0 Å². The Morgan fingerprint density at radius 3 is 2.78 bits per heavy atom. The van der Waals surface area contributed by atoms with Crippen LogP contribution in [0, 0.1) is 6.92 Å². The van der Waals surface area contributed by atoms with Gasteiger partial charge >= 0.3 is 0 Å². The molecule has 0 atom stereocenters. The van der Waals surface area contributed by atoms with Crippen LogP contribution in [0.1, 0.15) is 5.56 Å². The van der Waals surface area contributed by atoms with Crippen LogP contribution < -0.4 is 5.56 Å². The molecule has 4 heteroatoms. The number of pyridine rings is 1. The quantitative estimate of drug-likeness (QED) is 0.652. The second-order valence-electron chi connectivity index (χ2n) is 4.46. The maximum atomic E-state index is 11.4. The van der Waals surface area contributed by atoms with Crippen molar-refractivity contribution < 1.29 is 0 Å². The van der Waals surface area contributed by atoms with Crippen LogP contribution >= 0.6 is 0 Å². The molecule has 0 aliphatic heterocycles. The lowest BCUT2D eigenvalue weighted by Gasteiger charge is -2.05. The van der Waals surface area contributed by atoms with Crippen LogP contribution in [-0.4, -0.2) is 14.3 Å². The molecular formula is C14H13N3O. The summed E-state index contributed by atoms with van der Waals surface area (Å²) in [5.41, 5.74) is 3.10. The highest BCUT2D eigenvalue weighted by atomic mass is 16.1. The van der Waals surface area contributed by atoms with E-state index in [0.717, 1.165) is 16.6 Å². The Morgan fingerprint density at radius 1 is 1.17 bits per heavy atom. The van der Waals surface area contributed by atoms with Gasteiger partial charge in [-0.05, 0) is 24.6 Å². The molecule has 0 saturated carbocycles. The lowest BCUT2D eigenvalue weighted by Crippen LogP contribution is -2.15. The molecule has 0 fully saturated rings. The average Bonchev–Trinajstić information content (AvgIpc) is 2.75. The maximum absolute atomic E-state index is 11.4. The summed E-state index contributed by atoms with van der Waals surface area (Å²) in [6, 6.07) is 9.55. The Morgan fingerprint density at radius 2 is 2.00 bits per heavy atom. The van der Waals surface area contributed by atoms with E-state index in [1.807, 2.05) is 10.9 Å². The Labute approximate surface area is 104 Å². The third-order valence-corrected chi connectivity index (χ3v) is 3.04. The lowest BCUT2D eigenvalue weighted by molar-refractivity contribution is 0.822. The fraction of sp³-hybridized carbons (Fsp3) is 0.143. The standard InChI is InChI=1S/C14H13N3O/c1-10-3-4-11-8-15-17(13(11)7-10)12-5-6-14(18)16(2)9-12/h3-9H,1-2H3. The molecule has 4 nitrogen and oxygen atoms in total. The van der Waals surface area contributed by atoms with Crippen molar-refractivity contribution in [1.82, 2.24) is 14.3 Å². The number of nitrogens with zero attached hydrogens (tertiary/aromatic N) is 3. The fourth-order valence-corrected chi connectivity index (χ4v) is 2.04. The van der Waals surface area contributed by atoms with Crippen molar-refractivity contribution in [1.29, 1.82) is 0 Å². The van der Waals surface area contributed by atoms with Crippen LogP contribution in [0.15, 0.2) is 47.5 Å². The molecule has 0 spiro atoms. The lowest BCUT2D eigenvalue weighted by atomic mass is 10.2. The van der Waals surface area contributed by atoms with Crippen molar-refractivity contribution in [2.24, 2.45) is 7.05 Å². The number of aryl methyl sites for hydroxylation is 2. The van der Waals surface area contributed by atoms with Crippen molar-refractivity contribution in [3.63, 3.8) is 0 Å². The molecule has 0 radical (unpaired) electrons. The highest BCUT2D eigenvalue weighted by Crippen LogP contribution is 2.18. The van der Waals surface area contributed by atoms with E-state index in [4.69, 9.17) is 0 Å². The van der Waals surface area contributed by atoms with Gasteiger partial charge in [0.2, 0.25) is 5.56 Å². The molecule has 90 valence electrons. The minimum atomic E-state index is -0.0219. The zero-order chi connectivity index (χ0) is 12.7. The molecule has 18 heavy (non-hydrogen) atoms. The SMILES string of the molecule is Cc1ccc2cnn(-c3ccc(=O)n(C)c3)c2c1. The van der Waals surface area contributed by atoms with Crippen LogP contribution in [0.25, 0.3) is 16.6 Å². The molecule has 2 aromatic heterocycles. The largest absolute Gasteiger partial charge is 0.316 e. The average molecular weight is 239 g/mol. The number of benzene rings is 1. The molecule has 3 aromatic rings. The molecule has 2 heterocycles. The van der Waals surface area contributed by atoms with Crippen molar-refractivity contribution >= 4 is 10.9 Å². The van der Waals surface area contributed by atoms with Gasteiger partial charge < -0.3 is 4.57 Å². The zero-order valence-corrected chi connectivity index (χ0v) is 10.3. The number of rotatable bonds is 1. The number of hydrogen-bond donors (Lipinski definition) is 0. The molecular weight excluding hydrogens is 226 g/mol. The van der Waals surface area contributed by atoms with Crippen molar-refractivity contribution in [2.75, 3.05) is 0 Å². The van der Waals surface area contributed by atoms with E-state index < -0.39 is 0 Å². The molecule has 0 saturated heterocycles. The molecule has 3 rings (SSSR count). The monoisotopic (exact) mass is 239 g/mol. The highest BCUT2D eigenvalue weighted by Gasteiger charge is 2.05. The Kier molecular flexibility index (Phi) is 2.30. The smallest absolute Gasteiger partial charge is 0.250 e. The maximum Gasteiger partial charge on any atom is 0.250 e. The van der Waals surface area contributed by atoms with E-state index in [1.54, 1.807) is 29.9 Å². The molecule has 0 aliphatic rings. The van der Waals surface area contributed by atoms with Gasteiger partial charge in [0.15, 0.2) is 0 Å². The third-order valence-electron chi connectivity index (χ3n) is 3.04. The van der Waals surface area contributed by atoms with Gasteiger partial charge in [0.25, 0.3) is 0 Å². The Balaban J connectivity index is 2.27. The number of hydrogen-bond acceptors (Lipinski definition) is 2. The first-order chi connectivity index (χ1) is 8.65. The van der Waals surface area contributed by atoms with E-state index in [-0.39, 0.29) is 5.56 Å². The number of fused-ring (bicyclic) bond motifs is 1. The highest BCUT2D eigenvalue weighted by molar-refractivity contribution is 5.80. The van der Waals surface area contributed by atoms with E-state index in [1.165, 1.54) is 5.56 Å². The van der Waals surface area contributed by atoms with Crippen LogP contribution in [0.3, 0.4) is 0 Å². The van der Waals surface area contributed by atoms with Gasteiger partial charge in [-0.3, -0.25) is 4.79 Å². The Hall–Kier alpha value is -2.36. The van der Waals surface area contributed by atoms with Crippen LogP contribution in [0.4, 0.5) is 0 Å². The summed E-state index contributed by atoms with van der Waals surface area (Å²) in [4.78, 5) is 11.4. The normalized spacial score (nSPS) is 11.0. The molecule has 0 amide bonds. The fourth-order valence-electron chi connectivity index (χ4n) is 2.04. The van der Waals surface area contributed by atoms with Gasteiger partial charge in [-0.1, -0.05) is 12.1 Å². The van der Waals surface area contributed by atoms with Gasteiger partial charge in [-0.25, -0.2) is 4.68 Å². The minimum Gasteiger partial charge on any atom is -0.316 e. The predicted molar refractivity (Wildman–Crippen MR) is 71.0 cm³/mol. The summed E-state index contributed by atoms with van der Waals surface area (Å²) in [5.74, 6) is 0. The first-order valence-electron chi connectivity index (χ1n) is 5.76. The summed E-state index contributed by atoms with van der Waals surface area (Å²) in [5, 5.41) is 5.47. The predicted octanol–water partition coefficient (Wildman–Crippen LogP) is 2.03. The molecule has 0 aliphatic carbocycles. The first-order valence-corrected chi connectivity index (χ1v) is 5.76.